The van der Waals surface area contributed by atoms with E-state index in [1.54, 1.807) is 0 Å². The number of β-amino-alcohol motifs (C(OH)–C–C–N with tert-alkyl or cyclic N) is 1. The fourth-order valence-electron chi connectivity index (χ4n) is 4.33. The second-order valence-electron chi connectivity index (χ2n) is 7.33. The lowest BCUT2D eigenvalue weighted by Crippen LogP contribution is -2.48. The first-order valence-corrected chi connectivity index (χ1v) is 9.31. The first-order valence-electron chi connectivity index (χ1n) is 9.31. The summed E-state index contributed by atoms with van der Waals surface area (Å²) in [6, 6.07) is 7.41. The lowest BCUT2D eigenvalue weighted by molar-refractivity contribution is -0.133. The average Bonchev–Trinajstić information content (AvgIpc) is 2.88. The molecule has 7 heteroatoms. The number of aliphatic hydroxyl groups is 1. The van der Waals surface area contributed by atoms with Gasteiger partial charge in [-0.05, 0) is 30.4 Å². The van der Waals surface area contributed by atoms with Gasteiger partial charge in [0.15, 0.2) is 0 Å². The normalized spacial score (nSPS) is 27.5. The molecule has 0 bridgehead atoms. The minimum Gasteiger partial charge on any atom is -0.390 e. The van der Waals surface area contributed by atoms with Crippen molar-refractivity contribution in [1.82, 2.24) is 15.1 Å². The molecule has 7 nitrogen and oxygen atoms in total. The summed E-state index contributed by atoms with van der Waals surface area (Å²) in [7, 11) is 0. The number of ether oxygens (including phenoxy) is 1. The van der Waals surface area contributed by atoms with Gasteiger partial charge in [-0.2, -0.15) is 0 Å². The summed E-state index contributed by atoms with van der Waals surface area (Å²) in [4.78, 5) is 29.0. The van der Waals surface area contributed by atoms with Crippen LogP contribution in [0, 0.1) is 0 Å². The molecule has 2 N–H and O–H groups in total. The third kappa shape index (κ3) is 3.00. The highest BCUT2D eigenvalue weighted by Crippen LogP contribution is 2.39. The highest BCUT2D eigenvalue weighted by Gasteiger charge is 2.54. The molecule has 0 aromatic heterocycles. The molecule has 3 aliphatic rings. The molecule has 1 aromatic rings. The lowest BCUT2D eigenvalue weighted by atomic mass is 9.76. The van der Waals surface area contributed by atoms with Crippen LogP contribution in [0.25, 0.3) is 0 Å². The fourth-order valence-corrected chi connectivity index (χ4v) is 4.33. The minimum atomic E-state index is -0.968. The van der Waals surface area contributed by atoms with Gasteiger partial charge >= 0.3 is 6.03 Å². The summed E-state index contributed by atoms with van der Waals surface area (Å²) in [5.74, 6) is -0.240. The molecule has 2 atom stereocenters. The number of carbonyl (C=O) groups excluding carboxylic acids is 2. The van der Waals surface area contributed by atoms with E-state index in [-0.39, 0.29) is 12.5 Å². The average molecular weight is 359 g/mol. The van der Waals surface area contributed by atoms with Crippen LogP contribution in [0.1, 0.15) is 24.0 Å². The molecule has 3 amide bonds. The lowest BCUT2D eigenvalue weighted by Gasteiger charge is -2.33. The maximum atomic E-state index is 13.2. The molecular weight excluding hydrogens is 334 g/mol. The van der Waals surface area contributed by atoms with Gasteiger partial charge in [0.1, 0.15) is 5.54 Å². The minimum absolute atomic E-state index is 0.0198. The molecule has 2 saturated heterocycles. The Morgan fingerprint density at radius 1 is 1.19 bits per heavy atom. The maximum absolute atomic E-state index is 13.2. The summed E-state index contributed by atoms with van der Waals surface area (Å²) in [6.45, 7) is 3.27. The van der Waals surface area contributed by atoms with Crippen LogP contribution < -0.4 is 5.32 Å². The van der Waals surface area contributed by atoms with Crippen LogP contribution in [0.2, 0.25) is 0 Å². The second-order valence-corrected chi connectivity index (χ2v) is 7.33. The number of morpholine rings is 1. The van der Waals surface area contributed by atoms with Gasteiger partial charge < -0.3 is 15.2 Å². The molecule has 0 radical (unpaired) electrons. The molecule has 140 valence electrons. The van der Waals surface area contributed by atoms with E-state index in [0.717, 1.165) is 37.1 Å². The third-order valence-electron chi connectivity index (χ3n) is 5.62. The van der Waals surface area contributed by atoms with Gasteiger partial charge in [-0.15, -0.1) is 0 Å². The van der Waals surface area contributed by atoms with Crippen LogP contribution in [0.4, 0.5) is 4.79 Å². The number of fused-ring (bicyclic) bond motifs is 2. The van der Waals surface area contributed by atoms with Gasteiger partial charge in [-0.3, -0.25) is 14.6 Å². The highest BCUT2D eigenvalue weighted by atomic mass is 16.5. The Hall–Kier alpha value is -1.96. The Morgan fingerprint density at radius 3 is 2.77 bits per heavy atom. The summed E-state index contributed by atoms with van der Waals surface area (Å²) < 4.78 is 5.31. The molecule has 1 aliphatic carbocycles. The Balaban J connectivity index is 1.49. The highest BCUT2D eigenvalue weighted by molar-refractivity contribution is 6.07. The monoisotopic (exact) mass is 359 g/mol. The van der Waals surface area contributed by atoms with Crippen molar-refractivity contribution < 1.29 is 19.4 Å². The van der Waals surface area contributed by atoms with Gasteiger partial charge in [-0.25, -0.2) is 4.79 Å². The van der Waals surface area contributed by atoms with E-state index in [1.165, 1.54) is 4.90 Å². The zero-order chi connectivity index (χ0) is 18.1. The smallest absolute Gasteiger partial charge is 0.325 e. The zero-order valence-corrected chi connectivity index (χ0v) is 14.8. The van der Waals surface area contributed by atoms with Gasteiger partial charge in [0.05, 0.1) is 25.9 Å². The molecule has 2 aliphatic heterocycles. The third-order valence-corrected chi connectivity index (χ3v) is 5.62. The van der Waals surface area contributed by atoms with E-state index in [2.05, 4.69) is 10.2 Å². The van der Waals surface area contributed by atoms with E-state index in [0.29, 0.717) is 26.2 Å². The van der Waals surface area contributed by atoms with Gasteiger partial charge in [0.25, 0.3) is 5.91 Å². The van der Waals surface area contributed by atoms with Crippen molar-refractivity contribution in [1.29, 1.82) is 0 Å². The number of rotatable bonds is 4. The number of urea groups is 1. The fraction of sp³-hybridized carbons (Fsp3) is 0.579. The Morgan fingerprint density at radius 2 is 1.96 bits per heavy atom. The summed E-state index contributed by atoms with van der Waals surface area (Å²) in [5, 5.41) is 13.4. The SMILES string of the molecule is O=C1N[C@@]2(CCCc3ccccc32)C(=O)N1C[C@@H](O)CN1CCOCC1. The summed E-state index contributed by atoms with van der Waals surface area (Å²) in [6.07, 6.45) is 1.61. The number of amides is 3. The Bertz CT molecular complexity index is 704. The number of imide groups is 1. The van der Waals surface area contributed by atoms with Crippen molar-refractivity contribution in [2.45, 2.75) is 30.9 Å². The molecule has 1 spiro atoms. The van der Waals surface area contributed by atoms with Gasteiger partial charge in [0.2, 0.25) is 0 Å². The summed E-state index contributed by atoms with van der Waals surface area (Å²) in [5.41, 5.74) is 1.04. The number of nitrogens with one attached hydrogen (secondary N) is 1. The van der Waals surface area contributed by atoms with Crippen LogP contribution in [-0.2, 0) is 21.5 Å². The predicted molar refractivity (Wildman–Crippen MR) is 94.6 cm³/mol. The van der Waals surface area contributed by atoms with E-state index in [9.17, 15) is 14.7 Å². The maximum Gasteiger partial charge on any atom is 0.325 e. The number of hydrogen-bond donors (Lipinski definition) is 2. The summed E-state index contributed by atoms with van der Waals surface area (Å²) >= 11 is 0. The van der Waals surface area contributed by atoms with Gasteiger partial charge in [0, 0.05) is 19.6 Å². The Kier molecular flexibility index (Phi) is 4.69. The van der Waals surface area contributed by atoms with Crippen molar-refractivity contribution in [3.05, 3.63) is 35.4 Å². The molecule has 1 aromatic carbocycles. The molecule has 2 fully saturated rings. The standard InChI is InChI=1S/C19H25N3O4/c23-15(12-21-8-10-26-11-9-21)13-22-17(24)19(20-18(22)25)7-3-5-14-4-1-2-6-16(14)19/h1-2,4,6,15,23H,3,5,7-13H2,(H,20,25)/t15-,19+/m0/s1. The number of carbonyl (C=O) groups is 2. The van der Waals surface area contributed by atoms with E-state index in [1.807, 2.05) is 24.3 Å². The Labute approximate surface area is 152 Å². The number of aryl methyl sites for hydroxylation is 1. The molecule has 2 heterocycles. The van der Waals surface area contributed by atoms with Crippen LogP contribution in [-0.4, -0.2) is 72.3 Å². The van der Waals surface area contributed by atoms with Gasteiger partial charge in [-0.1, -0.05) is 24.3 Å². The number of aliphatic hydroxyl groups excluding tert-OH is 1. The topological polar surface area (TPSA) is 82.1 Å². The largest absolute Gasteiger partial charge is 0.390 e. The van der Waals surface area contributed by atoms with Crippen molar-refractivity contribution >= 4 is 11.9 Å². The van der Waals surface area contributed by atoms with Crippen LogP contribution in [0.3, 0.4) is 0 Å². The molecule has 26 heavy (non-hydrogen) atoms. The van der Waals surface area contributed by atoms with Crippen LogP contribution in [0.5, 0.6) is 0 Å². The zero-order valence-electron chi connectivity index (χ0n) is 14.8. The van der Waals surface area contributed by atoms with E-state index >= 15 is 0 Å². The van der Waals surface area contributed by atoms with Crippen LogP contribution in [0.15, 0.2) is 24.3 Å². The first-order chi connectivity index (χ1) is 12.6. The molecule has 0 unspecified atom stereocenters. The van der Waals surface area contributed by atoms with E-state index < -0.39 is 17.7 Å². The van der Waals surface area contributed by atoms with Crippen LogP contribution >= 0.6 is 0 Å². The second kappa shape index (κ2) is 6.98. The predicted octanol–water partition coefficient (Wildman–Crippen LogP) is 0.463. The number of nitrogens with zero attached hydrogens (tertiary/aromatic N) is 2. The van der Waals surface area contributed by atoms with Crippen molar-refractivity contribution in [2.75, 3.05) is 39.4 Å². The van der Waals surface area contributed by atoms with Crippen molar-refractivity contribution in [2.24, 2.45) is 0 Å². The van der Waals surface area contributed by atoms with Crippen molar-refractivity contribution in [3.8, 4) is 0 Å². The quantitative estimate of drug-likeness (QED) is 0.764. The number of hydrogen-bond acceptors (Lipinski definition) is 5. The molecule has 0 saturated carbocycles. The molecular formula is C19H25N3O4. The van der Waals surface area contributed by atoms with E-state index in [4.69, 9.17) is 4.74 Å². The first kappa shape index (κ1) is 17.5. The number of benzene rings is 1. The molecule has 4 rings (SSSR count). The van der Waals surface area contributed by atoms with Crippen molar-refractivity contribution in [3.63, 3.8) is 0 Å².